The lowest BCUT2D eigenvalue weighted by Crippen LogP contribution is -2.25. The summed E-state index contributed by atoms with van der Waals surface area (Å²) in [7, 11) is 0. The lowest BCUT2D eigenvalue weighted by molar-refractivity contribution is -0.122. The number of Topliss-reactive ketones (excluding diaryl/α,β-unsaturated/α-hetero) is 1. The first-order valence-corrected chi connectivity index (χ1v) is 7.31. The second-order valence-corrected chi connectivity index (χ2v) is 5.26. The maximum Gasteiger partial charge on any atom is 0.136 e. The number of para-hydroxylation sites is 1. The van der Waals surface area contributed by atoms with E-state index in [1.54, 1.807) is 0 Å². The number of hydrogen-bond donors (Lipinski definition) is 0. The molecule has 0 spiro atoms. The number of carbonyl (C=O) groups excluding carboxylic acids is 1. The van der Waals surface area contributed by atoms with Crippen molar-refractivity contribution < 1.29 is 14.3 Å². The van der Waals surface area contributed by atoms with Crippen LogP contribution in [0.1, 0.15) is 25.7 Å². The minimum atomic E-state index is -0.00164. The first kappa shape index (κ1) is 13.7. The van der Waals surface area contributed by atoms with Crippen molar-refractivity contribution in [1.82, 2.24) is 0 Å². The van der Waals surface area contributed by atoms with Crippen LogP contribution in [0.5, 0.6) is 17.2 Å². The van der Waals surface area contributed by atoms with Crippen molar-refractivity contribution in [2.45, 2.75) is 31.8 Å². The molecule has 0 aromatic heterocycles. The van der Waals surface area contributed by atoms with Gasteiger partial charge < -0.3 is 9.47 Å². The Labute approximate surface area is 124 Å². The molecule has 0 heterocycles. The summed E-state index contributed by atoms with van der Waals surface area (Å²) >= 11 is 0. The van der Waals surface area contributed by atoms with Gasteiger partial charge in [0.25, 0.3) is 0 Å². The highest BCUT2D eigenvalue weighted by atomic mass is 16.5. The molecule has 3 rings (SSSR count). The zero-order chi connectivity index (χ0) is 14.5. The lowest BCUT2D eigenvalue weighted by Gasteiger charge is -2.22. The van der Waals surface area contributed by atoms with Crippen LogP contribution in [0.25, 0.3) is 0 Å². The molecule has 1 atom stereocenters. The molecule has 1 aliphatic rings. The van der Waals surface area contributed by atoms with E-state index in [1.807, 2.05) is 54.6 Å². The third-order valence-electron chi connectivity index (χ3n) is 3.52. The topological polar surface area (TPSA) is 35.5 Å². The lowest BCUT2D eigenvalue weighted by atomic mass is 9.96. The van der Waals surface area contributed by atoms with Gasteiger partial charge in [0.05, 0.1) is 0 Å². The van der Waals surface area contributed by atoms with Gasteiger partial charge in [0.15, 0.2) is 0 Å². The molecule has 0 bridgehead atoms. The number of rotatable bonds is 4. The molecule has 2 aromatic carbocycles. The molecule has 0 amide bonds. The minimum Gasteiger partial charge on any atom is -0.490 e. The summed E-state index contributed by atoms with van der Waals surface area (Å²) in [5.41, 5.74) is 0. The van der Waals surface area contributed by atoms with Crippen molar-refractivity contribution in [3.05, 3.63) is 54.6 Å². The molecule has 3 heteroatoms. The molecule has 0 radical (unpaired) electrons. The van der Waals surface area contributed by atoms with Crippen molar-refractivity contribution in [1.29, 1.82) is 0 Å². The predicted molar refractivity (Wildman–Crippen MR) is 80.8 cm³/mol. The van der Waals surface area contributed by atoms with Crippen LogP contribution in [-0.4, -0.2) is 11.9 Å². The second kappa shape index (κ2) is 6.44. The van der Waals surface area contributed by atoms with E-state index >= 15 is 0 Å². The third kappa shape index (κ3) is 3.85. The molecular formula is C18H18O3. The molecule has 2 aromatic rings. The quantitative estimate of drug-likeness (QED) is 0.835. The number of hydrogen-bond acceptors (Lipinski definition) is 3. The van der Waals surface area contributed by atoms with Crippen LogP contribution < -0.4 is 9.47 Å². The van der Waals surface area contributed by atoms with Gasteiger partial charge in [-0.1, -0.05) is 24.3 Å². The summed E-state index contributed by atoms with van der Waals surface area (Å²) in [5, 5.41) is 0. The Hall–Kier alpha value is -2.29. The van der Waals surface area contributed by atoms with Crippen molar-refractivity contribution in [2.75, 3.05) is 0 Å². The number of carbonyl (C=O) groups is 1. The second-order valence-electron chi connectivity index (χ2n) is 5.26. The van der Waals surface area contributed by atoms with Crippen LogP contribution in [0.2, 0.25) is 0 Å². The molecule has 1 fully saturated rings. The molecule has 108 valence electrons. The van der Waals surface area contributed by atoms with Crippen LogP contribution in [0, 0.1) is 0 Å². The van der Waals surface area contributed by atoms with Crippen molar-refractivity contribution in [3.8, 4) is 17.2 Å². The summed E-state index contributed by atoms with van der Waals surface area (Å²) in [6, 6.07) is 17.2. The van der Waals surface area contributed by atoms with Gasteiger partial charge in [-0.25, -0.2) is 0 Å². The van der Waals surface area contributed by atoms with Crippen LogP contribution in [0.4, 0.5) is 0 Å². The third-order valence-corrected chi connectivity index (χ3v) is 3.52. The predicted octanol–water partition coefficient (Wildman–Crippen LogP) is 4.37. The van der Waals surface area contributed by atoms with E-state index in [1.165, 1.54) is 0 Å². The van der Waals surface area contributed by atoms with Crippen LogP contribution >= 0.6 is 0 Å². The Kier molecular flexibility index (Phi) is 4.20. The fourth-order valence-corrected chi connectivity index (χ4v) is 2.51. The summed E-state index contributed by atoms with van der Waals surface area (Å²) in [4.78, 5) is 11.5. The van der Waals surface area contributed by atoms with Gasteiger partial charge in [0.1, 0.15) is 29.1 Å². The minimum absolute atomic E-state index is 0.00164. The van der Waals surface area contributed by atoms with Crippen molar-refractivity contribution in [2.24, 2.45) is 0 Å². The van der Waals surface area contributed by atoms with Crippen LogP contribution in [0.15, 0.2) is 54.6 Å². The highest BCUT2D eigenvalue weighted by Gasteiger charge is 2.20. The maximum absolute atomic E-state index is 11.5. The first-order chi connectivity index (χ1) is 10.3. The Morgan fingerprint density at radius 2 is 1.67 bits per heavy atom. The van der Waals surface area contributed by atoms with Crippen LogP contribution in [-0.2, 0) is 4.79 Å². The average Bonchev–Trinajstić information content (AvgIpc) is 2.49. The van der Waals surface area contributed by atoms with E-state index in [4.69, 9.17) is 9.47 Å². The molecule has 0 aliphatic heterocycles. The number of benzene rings is 2. The van der Waals surface area contributed by atoms with E-state index in [2.05, 4.69) is 0 Å². The molecule has 3 nitrogen and oxygen atoms in total. The van der Waals surface area contributed by atoms with E-state index < -0.39 is 0 Å². The van der Waals surface area contributed by atoms with Gasteiger partial charge in [-0.3, -0.25) is 4.79 Å². The summed E-state index contributed by atoms with van der Waals surface area (Å²) < 4.78 is 11.7. The van der Waals surface area contributed by atoms with Gasteiger partial charge in [-0.2, -0.15) is 0 Å². The van der Waals surface area contributed by atoms with Gasteiger partial charge >= 0.3 is 0 Å². The molecule has 1 aliphatic carbocycles. The smallest absolute Gasteiger partial charge is 0.136 e. The van der Waals surface area contributed by atoms with Gasteiger partial charge in [0, 0.05) is 18.9 Å². The fourth-order valence-electron chi connectivity index (χ4n) is 2.51. The molecule has 1 unspecified atom stereocenters. The summed E-state index contributed by atoms with van der Waals surface area (Å²) in [6.45, 7) is 0. The molecule has 21 heavy (non-hydrogen) atoms. The molecule has 0 N–H and O–H groups in total. The summed E-state index contributed by atoms with van der Waals surface area (Å²) in [5.74, 6) is 2.58. The highest BCUT2D eigenvalue weighted by Crippen LogP contribution is 2.27. The SMILES string of the molecule is O=C1CCCC(Oc2cccc(Oc3ccccc3)c2)C1. The Morgan fingerprint density at radius 3 is 2.48 bits per heavy atom. The Morgan fingerprint density at radius 1 is 0.905 bits per heavy atom. The molecular weight excluding hydrogens is 264 g/mol. The molecule has 1 saturated carbocycles. The average molecular weight is 282 g/mol. The van der Waals surface area contributed by atoms with E-state index in [9.17, 15) is 4.79 Å². The monoisotopic (exact) mass is 282 g/mol. The number of ether oxygens (including phenoxy) is 2. The van der Waals surface area contributed by atoms with Crippen molar-refractivity contribution >= 4 is 5.78 Å². The van der Waals surface area contributed by atoms with E-state index in [0.29, 0.717) is 18.6 Å². The largest absolute Gasteiger partial charge is 0.490 e. The van der Waals surface area contributed by atoms with Crippen molar-refractivity contribution in [3.63, 3.8) is 0 Å². The maximum atomic E-state index is 11.5. The first-order valence-electron chi connectivity index (χ1n) is 7.31. The Balaban J connectivity index is 1.67. The summed E-state index contributed by atoms with van der Waals surface area (Å²) in [6.07, 6.45) is 3.07. The normalized spacial score (nSPS) is 18.3. The van der Waals surface area contributed by atoms with E-state index in [0.717, 1.165) is 30.1 Å². The zero-order valence-corrected chi connectivity index (χ0v) is 11.8. The number of ketones is 1. The molecule has 0 saturated heterocycles. The highest BCUT2D eigenvalue weighted by molar-refractivity contribution is 5.79. The van der Waals surface area contributed by atoms with Gasteiger partial charge in [-0.05, 0) is 37.1 Å². The van der Waals surface area contributed by atoms with Crippen LogP contribution in [0.3, 0.4) is 0 Å². The standard InChI is InChI=1S/C18H18O3/c19-14-6-4-9-16(12-14)21-18-11-5-10-17(13-18)20-15-7-2-1-3-8-15/h1-3,5,7-8,10-11,13,16H,4,6,9,12H2. The fraction of sp³-hybridized carbons (Fsp3) is 0.278. The van der Waals surface area contributed by atoms with Gasteiger partial charge in [-0.15, -0.1) is 0 Å². The zero-order valence-electron chi connectivity index (χ0n) is 11.8. The van der Waals surface area contributed by atoms with E-state index in [-0.39, 0.29) is 6.10 Å². The Bertz CT molecular complexity index is 607. The van der Waals surface area contributed by atoms with Gasteiger partial charge in [0.2, 0.25) is 0 Å².